The molecule has 7 heteroatoms. The first-order valence-electron chi connectivity index (χ1n) is 6.49. The molecule has 0 saturated heterocycles. The Hall–Kier alpha value is -2.80. The van der Waals surface area contributed by atoms with E-state index in [1.807, 2.05) is 0 Å². The van der Waals surface area contributed by atoms with E-state index < -0.39 is 0 Å². The van der Waals surface area contributed by atoms with Crippen LogP contribution in [0.3, 0.4) is 0 Å². The summed E-state index contributed by atoms with van der Waals surface area (Å²) in [6.07, 6.45) is 0. The first-order chi connectivity index (χ1) is 10.6. The highest BCUT2D eigenvalue weighted by Gasteiger charge is 2.14. The van der Waals surface area contributed by atoms with Crippen molar-refractivity contribution < 1.29 is 14.3 Å². The Labute approximate surface area is 132 Å². The molecule has 1 aliphatic heterocycles. The molecule has 0 saturated carbocycles. The Kier molecular flexibility index (Phi) is 3.80. The maximum atomic E-state index is 12.3. The van der Waals surface area contributed by atoms with Crippen LogP contribution in [-0.2, 0) is 0 Å². The third-order valence-electron chi connectivity index (χ3n) is 3.02. The van der Waals surface area contributed by atoms with Gasteiger partial charge < -0.3 is 25.8 Å². The molecule has 0 atom stereocenters. The van der Waals surface area contributed by atoms with Crippen LogP contribution in [0.2, 0.25) is 0 Å². The fourth-order valence-corrected chi connectivity index (χ4v) is 2.18. The van der Waals surface area contributed by atoms with Gasteiger partial charge in [-0.3, -0.25) is 4.79 Å². The van der Waals surface area contributed by atoms with Crippen LogP contribution in [0.1, 0.15) is 10.4 Å². The summed E-state index contributed by atoms with van der Waals surface area (Å²) in [5.41, 5.74) is 7.19. The number of amides is 1. The minimum atomic E-state index is -0.245. The van der Waals surface area contributed by atoms with E-state index in [2.05, 4.69) is 10.6 Å². The molecule has 2 aromatic carbocycles. The minimum Gasteiger partial charge on any atom is -0.454 e. The number of nitrogens with one attached hydrogen (secondary N) is 2. The average Bonchev–Trinajstić information content (AvgIpc) is 2.94. The van der Waals surface area contributed by atoms with Crippen molar-refractivity contribution in [3.05, 3.63) is 48.0 Å². The fraction of sp³-hybridized carbons (Fsp3) is 0.0667. The number of benzene rings is 2. The topological polar surface area (TPSA) is 85.6 Å². The highest BCUT2D eigenvalue weighted by atomic mass is 32.1. The van der Waals surface area contributed by atoms with Gasteiger partial charge in [0.15, 0.2) is 16.6 Å². The molecular formula is C15H13N3O3S. The summed E-state index contributed by atoms with van der Waals surface area (Å²) in [5.74, 6) is 1.04. The summed E-state index contributed by atoms with van der Waals surface area (Å²) < 4.78 is 10.5. The first-order valence-corrected chi connectivity index (χ1v) is 6.90. The molecule has 6 nitrogen and oxygen atoms in total. The molecule has 112 valence electrons. The van der Waals surface area contributed by atoms with Crippen molar-refractivity contribution in [1.82, 2.24) is 0 Å². The van der Waals surface area contributed by atoms with E-state index >= 15 is 0 Å². The lowest BCUT2D eigenvalue weighted by Gasteiger charge is -2.08. The Morgan fingerprint density at radius 2 is 1.82 bits per heavy atom. The largest absolute Gasteiger partial charge is 0.454 e. The quantitative estimate of drug-likeness (QED) is 0.754. The van der Waals surface area contributed by atoms with Crippen molar-refractivity contribution in [2.45, 2.75) is 0 Å². The minimum absolute atomic E-state index is 0.147. The predicted octanol–water partition coefficient (Wildman–Crippen LogP) is 2.32. The van der Waals surface area contributed by atoms with Crippen LogP contribution in [-0.4, -0.2) is 17.8 Å². The lowest BCUT2D eigenvalue weighted by atomic mass is 10.2. The van der Waals surface area contributed by atoms with Gasteiger partial charge >= 0.3 is 0 Å². The van der Waals surface area contributed by atoms with Gasteiger partial charge in [-0.2, -0.15) is 0 Å². The van der Waals surface area contributed by atoms with Gasteiger partial charge in [-0.25, -0.2) is 0 Å². The number of carbonyl (C=O) groups excluding carboxylic acids is 1. The standard InChI is InChI=1S/C15H13N3O3S/c16-15(22)18-10-3-1-2-9(6-10)14(19)17-11-4-5-12-13(7-11)21-8-20-12/h1-7H,8H2,(H,17,19)(H3,16,18,22). The molecule has 22 heavy (non-hydrogen) atoms. The van der Waals surface area contributed by atoms with Gasteiger partial charge in [-0.1, -0.05) is 6.07 Å². The maximum absolute atomic E-state index is 12.3. The van der Waals surface area contributed by atoms with Gasteiger partial charge in [-0.05, 0) is 42.5 Å². The molecule has 3 rings (SSSR count). The van der Waals surface area contributed by atoms with Crippen LogP contribution < -0.4 is 25.8 Å². The average molecular weight is 315 g/mol. The SMILES string of the molecule is NC(=S)Nc1cccc(C(=O)Nc2ccc3c(c2)OCO3)c1. The summed E-state index contributed by atoms with van der Waals surface area (Å²) in [7, 11) is 0. The van der Waals surface area contributed by atoms with E-state index in [0.717, 1.165) is 0 Å². The molecule has 4 N–H and O–H groups in total. The van der Waals surface area contributed by atoms with Gasteiger partial charge in [0, 0.05) is 23.0 Å². The molecule has 0 spiro atoms. The highest BCUT2D eigenvalue weighted by Crippen LogP contribution is 2.34. The Morgan fingerprint density at radius 1 is 1.05 bits per heavy atom. The van der Waals surface area contributed by atoms with Crippen molar-refractivity contribution in [2.75, 3.05) is 17.4 Å². The molecule has 0 bridgehead atoms. The summed E-state index contributed by atoms with van der Waals surface area (Å²) in [5, 5.41) is 5.74. The van der Waals surface area contributed by atoms with E-state index in [-0.39, 0.29) is 17.8 Å². The van der Waals surface area contributed by atoms with Crippen molar-refractivity contribution in [3.8, 4) is 11.5 Å². The van der Waals surface area contributed by atoms with Crippen molar-refractivity contribution >= 4 is 34.6 Å². The van der Waals surface area contributed by atoms with Crippen molar-refractivity contribution in [1.29, 1.82) is 0 Å². The van der Waals surface area contributed by atoms with Crippen LogP contribution >= 0.6 is 12.2 Å². The molecule has 0 aliphatic carbocycles. The van der Waals surface area contributed by atoms with Crippen LogP contribution in [0.15, 0.2) is 42.5 Å². The number of rotatable bonds is 3. The van der Waals surface area contributed by atoms with Gasteiger partial charge in [0.2, 0.25) is 6.79 Å². The molecule has 1 amide bonds. The van der Waals surface area contributed by atoms with Gasteiger partial charge in [0.05, 0.1) is 0 Å². The van der Waals surface area contributed by atoms with Crippen LogP contribution in [0, 0.1) is 0 Å². The van der Waals surface area contributed by atoms with Gasteiger partial charge in [-0.15, -0.1) is 0 Å². The van der Waals surface area contributed by atoms with E-state index in [4.69, 9.17) is 27.4 Å². The monoisotopic (exact) mass is 315 g/mol. The third-order valence-corrected chi connectivity index (χ3v) is 3.12. The second-order valence-corrected chi connectivity index (χ2v) is 5.03. The van der Waals surface area contributed by atoms with E-state index in [9.17, 15) is 4.79 Å². The van der Waals surface area contributed by atoms with E-state index in [1.54, 1.807) is 42.5 Å². The molecule has 1 aliphatic rings. The molecule has 0 aromatic heterocycles. The molecule has 0 radical (unpaired) electrons. The first kappa shape index (κ1) is 14.2. The second-order valence-electron chi connectivity index (χ2n) is 4.59. The number of hydrogen-bond acceptors (Lipinski definition) is 4. The Morgan fingerprint density at radius 3 is 2.64 bits per heavy atom. The summed E-state index contributed by atoms with van der Waals surface area (Å²) in [6, 6.07) is 12.1. The van der Waals surface area contributed by atoms with Crippen molar-refractivity contribution in [2.24, 2.45) is 5.73 Å². The number of nitrogens with two attached hydrogens (primary N) is 1. The molecule has 0 unspecified atom stereocenters. The number of hydrogen-bond donors (Lipinski definition) is 3. The molecule has 2 aromatic rings. The number of carbonyl (C=O) groups is 1. The Bertz CT molecular complexity index is 749. The zero-order valence-electron chi connectivity index (χ0n) is 11.5. The van der Waals surface area contributed by atoms with Gasteiger partial charge in [0.1, 0.15) is 0 Å². The van der Waals surface area contributed by atoms with Crippen molar-refractivity contribution in [3.63, 3.8) is 0 Å². The Balaban J connectivity index is 1.75. The summed E-state index contributed by atoms with van der Waals surface area (Å²) in [4.78, 5) is 12.3. The zero-order valence-corrected chi connectivity index (χ0v) is 12.3. The molecule has 0 fully saturated rings. The lowest BCUT2D eigenvalue weighted by Crippen LogP contribution is -2.19. The second kappa shape index (κ2) is 5.90. The van der Waals surface area contributed by atoms with Crippen LogP contribution in [0.4, 0.5) is 11.4 Å². The number of anilines is 2. The molecule has 1 heterocycles. The number of fused-ring (bicyclic) bond motifs is 1. The van der Waals surface area contributed by atoms with Crippen LogP contribution in [0.25, 0.3) is 0 Å². The predicted molar refractivity (Wildman–Crippen MR) is 87.4 cm³/mol. The lowest BCUT2D eigenvalue weighted by molar-refractivity contribution is 0.102. The third kappa shape index (κ3) is 3.09. The normalized spacial score (nSPS) is 11.8. The number of ether oxygens (including phenoxy) is 2. The van der Waals surface area contributed by atoms with E-state index in [1.165, 1.54) is 0 Å². The highest BCUT2D eigenvalue weighted by molar-refractivity contribution is 7.80. The molecular weight excluding hydrogens is 302 g/mol. The summed E-state index contributed by atoms with van der Waals surface area (Å²) >= 11 is 4.78. The van der Waals surface area contributed by atoms with E-state index in [0.29, 0.717) is 28.4 Å². The number of thiocarbonyl (C=S) groups is 1. The zero-order chi connectivity index (χ0) is 15.5. The fourth-order valence-electron chi connectivity index (χ4n) is 2.06. The maximum Gasteiger partial charge on any atom is 0.255 e. The van der Waals surface area contributed by atoms with Crippen LogP contribution in [0.5, 0.6) is 11.5 Å². The van der Waals surface area contributed by atoms with Gasteiger partial charge in [0.25, 0.3) is 5.91 Å². The summed E-state index contributed by atoms with van der Waals surface area (Å²) in [6.45, 7) is 0.194. The smallest absolute Gasteiger partial charge is 0.255 e.